The first-order valence-corrected chi connectivity index (χ1v) is 2.91. The van der Waals surface area contributed by atoms with Gasteiger partial charge in [0.15, 0.2) is 0 Å². The fourth-order valence-corrected chi connectivity index (χ4v) is 0.440. The van der Waals surface area contributed by atoms with Gasteiger partial charge in [-0.25, -0.2) is 0 Å². The Hall–Kier alpha value is 0.270. The van der Waals surface area contributed by atoms with Gasteiger partial charge in [0.2, 0.25) is 0 Å². The van der Waals surface area contributed by atoms with Crippen molar-refractivity contribution in [2.75, 3.05) is 12.4 Å². The lowest BCUT2D eigenvalue weighted by Gasteiger charge is -2.02. The molecule has 0 aromatic rings. The van der Waals surface area contributed by atoms with Gasteiger partial charge in [0.25, 0.3) is 0 Å². The van der Waals surface area contributed by atoms with Crippen LogP contribution in [0.3, 0.4) is 0 Å². The summed E-state index contributed by atoms with van der Waals surface area (Å²) < 4.78 is 0. The highest BCUT2D eigenvalue weighted by Gasteiger charge is 1.94. The molecule has 0 aliphatic rings. The van der Waals surface area contributed by atoms with Crippen LogP contribution in [0.4, 0.5) is 0 Å². The second-order valence-electron chi connectivity index (χ2n) is 1.45. The zero-order valence-electron chi connectivity index (χ0n) is 4.17. The van der Waals surface area contributed by atoms with Crippen LogP contribution < -0.4 is 5.73 Å². The molecule has 3 heteroatoms. The molecule has 1 atom stereocenters. The van der Waals surface area contributed by atoms with Crippen LogP contribution >= 0.6 is 12.6 Å². The van der Waals surface area contributed by atoms with E-state index >= 15 is 0 Å². The quantitative estimate of drug-likeness (QED) is 0.446. The van der Waals surface area contributed by atoms with Gasteiger partial charge in [0, 0.05) is 18.4 Å². The summed E-state index contributed by atoms with van der Waals surface area (Å²) in [6, 6.07) is 0.0633. The highest BCUT2D eigenvalue weighted by atomic mass is 32.1. The van der Waals surface area contributed by atoms with Crippen molar-refractivity contribution in [2.24, 2.45) is 5.73 Å². The molecule has 7 heavy (non-hydrogen) atoms. The van der Waals surface area contributed by atoms with Gasteiger partial charge >= 0.3 is 0 Å². The summed E-state index contributed by atoms with van der Waals surface area (Å²) in [4.78, 5) is 0. The highest BCUT2D eigenvalue weighted by molar-refractivity contribution is 7.80. The molecule has 44 valence electrons. The predicted octanol–water partition coefficient (Wildman–Crippen LogP) is -0.374. The molecule has 1 unspecified atom stereocenters. The van der Waals surface area contributed by atoms with E-state index < -0.39 is 0 Å². The second-order valence-corrected chi connectivity index (χ2v) is 1.82. The van der Waals surface area contributed by atoms with Crippen LogP contribution in [-0.2, 0) is 0 Å². The van der Waals surface area contributed by atoms with Gasteiger partial charge in [0.1, 0.15) is 0 Å². The third-order valence-electron chi connectivity index (χ3n) is 0.734. The minimum absolute atomic E-state index is 0.0633. The normalized spacial score (nSPS) is 14.1. The summed E-state index contributed by atoms with van der Waals surface area (Å²) in [7, 11) is 0. The molecule has 2 nitrogen and oxygen atoms in total. The number of aliphatic hydroxyl groups excluding tert-OH is 1. The molecule has 0 heterocycles. The zero-order chi connectivity index (χ0) is 5.70. The SMILES string of the molecule is NC(CS)CCO. The maximum Gasteiger partial charge on any atom is 0.0446 e. The van der Waals surface area contributed by atoms with E-state index in [9.17, 15) is 0 Å². The minimum Gasteiger partial charge on any atom is -0.396 e. The number of hydrogen-bond donors (Lipinski definition) is 3. The predicted molar refractivity (Wildman–Crippen MR) is 33.5 cm³/mol. The summed E-state index contributed by atoms with van der Waals surface area (Å²) in [6.45, 7) is 0.168. The van der Waals surface area contributed by atoms with Crippen LogP contribution in [0.2, 0.25) is 0 Å². The molecule has 0 radical (unpaired) electrons. The largest absolute Gasteiger partial charge is 0.396 e. The van der Waals surface area contributed by atoms with Gasteiger partial charge in [-0.05, 0) is 6.42 Å². The maximum absolute atomic E-state index is 8.25. The Balaban J connectivity index is 2.83. The van der Waals surface area contributed by atoms with Gasteiger partial charge in [0.05, 0.1) is 0 Å². The first kappa shape index (κ1) is 7.27. The van der Waals surface area contributed by atoms with Gasteiger partial charge in [-0.2, -0.15) is 12.6 Å². The van der Waals surface area contributed by atoms with Crippen molar-refractivity contribution in [3.05, 3.63) is 0 Å². The Kier molecular flexibility index (Phi) is 4.60. The summed E-state index contributed by atoms with van der Waals surface area (Å²) in [5.41, 5.74) is 5.35. The van der Waals surface area contributed by atoms with Crippen LogP contribution in [0.1, 0.15) is 6.42 Å². The second kappa shape index (κ2) is 4.43. The van der Waals surface area contributed by atoms with E-state index in [1.165, 1.54) is 0 Å². The van der Waals surface area contributed by atoms with Crippen LogP contribution in [0.25, 0.3) is 0 Å². The van der Waals surface area contributed by atoms with E-state index in [0.29, 0.717) is 12.2 Å². The molecular weight excluding hydrogens is 110 g/mol. The average Bonchev–Trinajstić information content (AvgIpc) is 1.68. The first-order valence-electron chi connectivity index (χ1n) is 2.28. The molecule has 0 saturated carbocycles. The van der Waals surface area contributed by atoms with E-state index in [1.807, 2.05) is 0 Å². The average molecular weight is 121 g/mol. The van der Waals surface area contributed by atoms with Crippen molar-refractivity contribution in [1.29, 1.82) is 0 Å². The monoisotopic (exact) mass is 121 g/mol. The van der Waals surface area contributed by atoms with Crippen molar-refractivity contribution in [2.45, 2.75) is 12.5 Å². The van der Waals surface area contributed by atoms with Crippen molar-refractivity contribution < 1.29 is 5.11 Å². The third-order valence-corrected chi connectivity index (χ3v) is 1.20. The number of aliphatic hydroxyl groups is 1. The Morgan fingerprint density at radius 3 is 2.43 bits per heavy atom. The number of rotatable bonds is 3. The van der Waals surface area contributed by atoms with E-state index in [2.05, 4.69) is 12.6 Å². The summed E-state index contributed by atoms with van der Waals surface area (Å²) in [5, 5.41) is 8.25. The lowest BCUT2D eigenvalue weighted by atomic mass is 10.3. The number of nitrogens with two attached hydrogens (primary N) is 1. The fourth-order valence-electron chi connectivity index (χ4n) is 0.257. The van der Waals surface area contributed by atoms with E-state index in [-0.39, 0.29) is 12.6 Å². The first-order chi connectivity index (χ1) is 3.31. The summed E-state index contributed by atoms with van der Waals surface area (Å²) in [5.74, 6) is 0.653. The minimum atomic E-state index is 0.0633. The third kappa shape index (κ3) is 4.12. The molecule has 0 rings (SSSR count). The number of thiol groups is 1. The molecule has 0 fully saturated rings. The van der Waals surface area contributed by atoms with Gasteiger partial charge in [-0.15, -0.1) is 0 Å². The zero-order valence-corrected chi connectivity index (χ0v) is 5.06. The molecule has 0 aliphatic heterocycles. The van der Waals surface area contributed by atoms with Crippen molar-refractivity contribution in [3.8, 4) is 0 Å². The van der Waals surface area contributed by atoms with Crippen molar-refractivity contribution in [1.82, 2.24) is 0 Å². The maximum atomic E-state index is 8.25. The topological polar surface area (TPSA) is 46.2 Å². The number of hydrogen-bond acceptors (Lipinski definition) is 3. The summed E-state index contributed by atoms with van der Waals surface area (Å²) >= 11 is 3.91. The molecule has 0 aliphatic carbocycles. The lowest BCUT2D eigenvalue weighted by Crippen LogP contribution is -2.22. The Morgan fingerprint density at radius 2 is 2.29 bits per heavy atom. The lowest BCUT2D eigenvalue weighted by molar-refractivity contribution is 0.280. The molecule has 0 saturated heterocycles. The van der Waals surface area contributed by atoms with Crippen LogP contribution in [0.15, 0.2) is 0 Å². The Bertz CT molecular complexity index is 42.7. The van der Waals surface area contributed by atoms with Crippen LogP contribution in [-0.4, -0.2) is 23.5 Å². The fraction of sp³-hybridized carbons (Fsp3) is 1.00. The smallest absolute Gasteiger partial charge is 0.0446 e. The molecular formula is C4H11NOS. The van der Waals surface area contributed by atoms with E-state index in [1.54, 1.807) is 0 Å². The molecule has 0 amide bonds. The molecule has 0 bridgehead atoms. The van der Waals surface area contributed by atoms with Crippen LogP contribution in [0.5, 0.6) is 0 Å². The Morgan fingerprint density at radius 1 is 1.71 bits per heavy atom. The highest BCUT2D eigenvalue weighted by Crippen LogP contribution is 1.87. The van der Waals surface area contributed by atoms with Crippen molar-refractivity contribution >= 4 is 12.6 Å². The standard InChI is InChI=1S/C4H11NOS/c5-4(3-7)1-2-6/h4,6-7H,1-3,5H2. The molecule has 0 aromatic heterocycles. The van der Waals surface area contributed by atoms with Crippen molar-refractivity contribution in [3.63, 3.8) is 0 Å². The van der Waals surface area contributed by atoms with Gasteiger partial charge in [-0.1, -0.05) is 0 Å². The molecule has 0 aromatic carbocycles. The van der Waals surface area contributed by atoms with E-state index in [4.69, 9.17) is 10.8 Å². The summed E-state index contributed by atoms with van der Waals surface area (Å²) in [6.07, 6.45) is 0.656. The molecule has 3 N–H and O–H groups in total. The molecule has 0 spiro atoms. The van der Waals surface area contributed by atoms with Gasteiger partial charge in [-0.3, -0.25) is 0 Å². The van der Waals surface area contributed by atoms with E-state index in [0.717, 1.165) is 0 Å². The Labute approximate surface area is 49.1 Å². The van der Waals surface area contributed by atoms with Crippen LogP contribution in [0, 0.1) is 0 Å². The van der Waals surface area contributed by atoms with Gasteiger partial charge < -0.3 is 10.8 Å².